The summed E-state index contributed by atoms with van der Waals surface area (Å²) in [5.74, 6) is -0.368. The van der Waals surface area contributed by atoms with Gasteiger partial charge < -0.3 is 14.8 Å². The van der Waals surface area contributed by atoms with Gasteiger partial charge in [0.25, 0.3) is 0 Å². The van der Waals surface area contributed by atoms with Gasteiger partial charge >= 0.3 is 5.97 Å². The molecule has 1 aromatic heterocycles. The minimum atomic E-state index is -0.975. The summed E-state index contributed by atoms with van der Waals surface area (Å²) in [7, 11) is 0. The topological polar surface area (TPSA) is 62.5 Å². The molecule has 4 heteroatoms. The van der Waals surface area contributed by atoms with Gasteiger partial charge in [0, 0.05) is 5.69 Å². The Morgan fingerprint density at radius 3 is 2.56 bits per heavy atom. The second-order valence-corrected chi connectivity index (χ2v) is 4.23. The van der Waals surface area contributed by atoms with Crippen molar-refractivity contribution in [3.8, 4) is 0 Å². The van der Waals surface area contributed by atoms with Crippen LogP contribution in [0.2, 0.25) is 0 Å². The van der Waals surface area contributed by atoms with Gasteiger partial charge in [-0.05, 0) is 31.0 Å². The molecule has 94 valence electrons. The van der Waals surface area contributed by atoms with Gasteiger partial charge in [0.1, 0.15) is 12.0 Å². The maximum atomic E-state index is 10.7. The first-order chi connectivity index (χ1) is 8.58. The van der Waals surface area contributed by atoms with E-state index in [1.165, 1.54) is 12.3 Å². The van der Waals surface area contributed by atoms with Crippen LogP contribution in [0.4, 0.5) is 5.69 Å². The quantitative estimate of drug-likeness (QED) is 0.868. The van der Waals surface area contributed by atoms with E-state index in [1.54, 1.807) is 0 Å². The fraction of sp³-hybridized carbons (Fsp3) is 0.214. The van der Waals surface area contributed by atoms with Crippen molar-refractivity contribution in [2.75, 3.05) is 5.32 Å². The Hall–Kier alpha value is -2.23. The van der Waals surface area contributed by atoms with E-state index in [2.05, 4.69) is 5.32 Å². The average Bonchev–Trinajstić information content (AvgIpc) is 2.77. The molecule has 1 aromatic carbocycles. The van der Waals surface area contributed by atoms with Crippen molar-refractivity contribution in [2.24, 2.45) is 0 Å². The number of benzene rings is 1. The number of carbonyl (C=O) groups is 1. The Balaban J connectivity index is 2.09. The lowest BCUT2D eigenvalue weighted by atomic mass is 10.1. The predicted octanol–water partition coefficient (Wildman–Crippen LogP) is 3.21. The minimum absolute atomic E-state index is 0.174. The summed E-state index contributed by atoms with van der Waals surface area (Å²) in [4.78, 5) is 10.7. The van der Waals surface area contributed by atoms with Crippen molar-refractivity contribution in [2.45, 2.75) is 20.4 Å². The molecule has 0 amide bonds. The van der Waals surface area contributed by atoms with Crippen molar-refractivity contribution in [3.63, 3.8) is 0 Å². The van der Waals surface area contributed by atoms with Crippen molar-refractivity contribution < 1.29 is 14.3 Å². The Morgan fingerprint density at radius 2 is 2.00 bits per heavy atom. The van der Waals surface area contributed by atoms with E-state index in [0.29, 0.717) is 12.3 Å². The number of hydrogen-bond acceptors (Lipinski definition) is 3. The van der Waals surface area contributed by atoms with Crippen LogP contribution in [-0.4, -0.2) is 11.1 Å². The standard InChI is InChI=1S/C14H15NO3/c1-9-4-3-5-10(2)13(9)15-7-12-6-11(8-18-12)14(16)17/h3-6,8,15H,7H2,1-2H3,(H,16,17). The van der Waals surface area contributed by atoms with Gasteiger partial charge in [0.05, 0.1) is 12.1 Å². The first-order valence-corrected chi connectivity index (χ1v) is 5.68. The van der Waals surface area contributed by atoms with Gasteiger partial charge in [-0.25, -0.2) is 4.79 Å². The number of anilines is 1. The van der Waals surface area contributed by atoms with Crippen LogP contribution in [0.25, 0.3) is 0 Å². The number of hydrogen-bond donors (Lipinski definition) is 2. The number of aromatic carboxylic acids is 1. The number of nitrogens with one attached hydrogen (secondary N) is 1. The summed E-state index contributed by atoms with van der Waals surface area (Å²) in [6.45, 7) is 4.53. The third kappa shape index (κ3) is 2.53. The zero-order valence-corrected chi connectivity index (χ0v) is 10.4. The van der Waals surface area contributed by atoms with Crippen LogP contribution < -0.4 is 5.32 Å². The summed E-state index contributed by atoms with van der Waals surface area (Å²) in [6, 6.07) is 7.59. The highest BCUT2D eigenvalue weighted by Crippen LogP contribution is 2.20. The van der Waals surface area contributed by atoms with Crippen molar-refractivity contribution >= 4 is 11.7 Å². The molecule has 0 fully saturated rings. The average molecular weight is 245 g/mol. The van der Waals surface area contributed by atoms with Crippen molar-refractivity contribution in [1.82, 2.24) is 0 Å². The molecule has 0 aliphatic carbocycles. The summed E-state index contributed by atoms with van der Waals surface area (Å²) in [5.41, 5.74) is 3.54. The lowest BCUT2D eigenvalue weighted by Crippen LogP contribution is -2.02. The first kappa shape index (κ1) is 12.2. The molecule has 0 atom stereocenters. The van der Waals surface area contributed by atoms with Crippen LogP contribution in [-0.2, 0) is 6.54 Å². The molecule has 2 rings (SSSR count). The van der Waals surface area contributed by atoms with E-state index >= 15 is 0 Å². The van der Waals surface area contributed by atoms with Gasteiger partial charge in [0.2, 0.25) is 0 Å². The molecule has 0 aliphatic heterocycles. The normalized spacial score (nSPS) is 10.3. The summed E-state index contributed by atoms with van der Waals surface area (Å²) >= 11 is 0. The maximum Gasteiger partial charge on any atom is 0.338 e. The number of aryl methyl sites for hydroxylation is 2. The van der Waals surface area contributed by atoms with E-state index in [-0.39, 0.29) is 5.56 Å². The monoisotopic (exact) mass is 245 g/mol. The molecule has 2 N–H and O–H groups in total. The molecule has 0 unspecified atom stereocenters. The molecule has 18 heavy (non-hydrogen) atoms. The molecule has 1 heterocycles. The number of para-hydroxylation sites is 1. The Bertz CT molecular complexity index is 552. The summed E-state index contributed by atoms with van der Waals surface area (Å²) in [6.07, 6.45) is 1.25. The number of carboxylic acids is 1. The van der Waals surface area contributed by atoms with Crippen LogP contribution in [0.15, 0.2) is 34.9 Å². The van der Waals surface area contributed by atoms with Gasteiger partial charge in [-0.1, -0.05) is 18.2 Å². The molecule has 2 aromatic rings. The molecule has 4 nitrogen and oxygen atoms in total. The number of furan rings is 1. The van der Waals surface area contributed by atoms with E-state index in [4.69, 9.17) is 9.52 Å². The highest BCUT2D eigenvalue weighted by molar-refractivity contribution is 5.87. The lowest BCUT2D eigenvalue weighted by Gasteiger charge is -2.11. The molecular formula is C14H15NO3. The molecule has 0 saturated heterocycles. The second-order valence-electron chi connectivity index (χ2n) is 4.23. The van der Waals surface area contributed by atoms with Gasteiger partial charge in [0.15, 0.2) is 0 Å². The molecule has 0 saturated carbocycles. The zero-order chi connectivity index (χ0) is 13.1. The van der Waals surface area contributed by atoms with Crippen LogP contribution in [0.5, 0.6) is 0 Å². The molecule has 0 radical (unpaired) electrons. The third-order valence-electron chi connectivity index (χ3n) is 2.82. The highest BCUT2D eigenvalue weighted by Gasteiger charge is 2.08. The molecule has 0 spiro atoms. The van der Waals surface area contributed by atoms with E-state index < -0.39 is 5.97 Å². The van der Waals surface area contributed by atoms with Gasteiger partial charge in [-0.3, -0.25) is 0 Å². The van der Waals surface area contributed by atoms with Crippen LogP contribution in [0.3, 0.4) is 0 Å². The Morgan fingerprint density at radius 1 is 1.33 bits per heavy atom. The predicted molar refractivity (Wildman–Crippen MR) is 68.9 cm³/mol. The van der Waals surface area contributed by atoms with E-state index in [0.717, 1.165) is 16.8 Å². The third-order valence-corrected chi connectivity index (χ3v) is 2.82. The van der Waals surface area contributed by atoms with Crippen LogP contribution in [0, 0.1) is 13.8 Å². The first-order valence-electron chi connectivity index (χ1n) is 5.68. The minimum Gasteiger partial charge on any atom is -0.478 e. The van der Waals surface area contributed by atoms with Gasteiger partial charge in [-0.15, -0.1) is 0 Å². The maximum absolute atomic E-state index is 10.7. The largest absolute Gasteiger partial charge is 0.478 e. The lowest BCUT2D eigenvalue weighted by molar-refractivity contribution is 0.0696. The van der Waals surface area contributed by atoms with E-state index in [9.17, 15) is 4.79 Å². The van der Waals surface area contributed by atoms with Crippen LogP contribution in [0.1, 0.15) is 27.2 Å². The number of carboxylic acid groups (broad SMARTS) is 1. The highest BCUT2D eigenvalue weighted by atomic mass is 16.4. The fourth-order valence-electron chi connectivity index (χ4n) is 1.85. The van der Waals surface area contributed by atoms with Crippen LogP contribution >= 0.6 is 0 Å². The summed E-state index contributed by atoms with van der Waals surface area (Å²) in [5, 5.41) is 12.1. The second kappa shape index (κ2) is 4.96. The zero-order valence-electron chi connectivity index (χ0n) is 10.4. The Labute approximate surface area is 105 Å². The smallest absolute Gasteiger partial charge is 0.338 e. The fourth-order valence-corrected chi connectivity index (χ4v) is 1.85. The Kier molecular flexibility index (Phi) is 3.37. The molecule has 0 bridgehead atoms. The number of rotatable bonds is 4. The summed E-state index contributed by atoms with van der Waals surface area (Å²) < 4.78 is 5.18. The van der Waals surface area contributed by atoms with Crippen molar-refractivity contribution in [3.05, 3.63) is 53.0 Å². The van der Waals surface area contributed by atoms with Gasteiger partial charge in [-0.2, -0.15) is 0 Å². The molecule has 0 aliphatic rings. The SMILES string of the molecule is Cc1cccc(C)c1NCc1cc(C(=O)O)co1. The van der Waals surface area contributed by atoms with Crippen molar-refractivity contribution in [1.29, 1.82) is 0 Å². The van der Waals surface area contributed by atoms with E-state index in [1.807, 2.05) is 32.0 Å². The molecular weight excluding hydrogens is 230 g/mol.